The average Bonchev–Trinajstić information content (AvgIpc) is 3.33. The Bertz CT molecular complexity index is 887. The van der Waals surface area contributed by atoms with Crippen molar-refractivity contribution in [1.82, 2.24) is 10.2 Å². The SMILES string of the molecule is O=C1CCC=CCC(CC(=O)N2CCCC2CO)C(=O)NC(C(=O)OCc2ccccc2)CO1. The molecule has 2 aliphatic heterocycles. The molecule has 2 N–H and O–H groups in total. The van der Waals surface area contributed by atoms with E-state index in [0.717, 1.165) is 18.4 Å². The first-order valence-electron chi connectivity index (χ1n) is 11.7. The molecular formula is C25H32N2O7. The van der Waals surface area contributed by atoms with Crippen molar-refractivity contribution in [2.75, 3.05) is 19.8 Å². The first kappa shape index (κ1) is 25.4. The lowest BCUT2D eigenvalue weighted by Crippen LogP contribution is -2.48. The van der Waals surface area contributed by atoms with Crippen LogP contribution in [0.5, 0.6) is 0 Å². The average molecular weight is 473 g/mol. The first-order valence-corrected chi connectivity index (χ1v) is 11.7. The molecule has 0 spiro atoms. The maximum atomic E-state index is 13.1. The van der Waals surface area contributed by atoms with Gasteiger partial charge in [-0.1, -0.05) is 42.5 Å². The highest BCUT2D eigenvalue weighted by Gasteiger charge is 2.33. The molecule has 0 aromatic heterocycles. The van der Waals surface area contributed by atoms with Gasteiger partial charge < -0.3 is 24.8 Å². The molecule has 1 saturated heterocycles. The van der Waals surface area contributed by atoms with Crippen LogP contribution in [0.25, 0.3) is 0 Å². The molecule has 3 rings (SSSR count). The van der Waals surface area contributed by atoms with Gasteiger partial charge in [0, 0.05) is 19.4 Å². The lowest BCUT2D eigenvalue weighted by atomic mass is 9.98. The number of aliphatic hydroxyl groups is 1. The molecule has 3 atom stereocenters. The molecule has 2 aliphatic rings. The van der Waals surface area contributed by atoms with Gasteiger partial charge in [-0.3, -0.25) is 14.4 Å². The summed E-state index contributed by atoms with van der Waals surface area (Å²) in [7, 11) is 0. The van der Waals surface area contributed by atoms with Gasteiger partial charge in [-0.25, -0.2) is 4.79 Å². The Labute approximate surface area is 199 Å². The summed E-state index contributed by atoms with van der Waals surface area (Å²) in [5.41, 5.74) is 0.782. The topological polar surface area (TPSA) is 122 Å². The van der Waals surface area contributed by atoms with Crippen molar-refractivity contribution in [3.05, 3.63) is 48.0 Å². The zero-order chi connectivity index (χ0) is 24.3. The van der Waals surface area contributed by atoms with E-state index in [-0.39, 0.29) is 51.0 Å². The van der Waals surface area contributed by atoms with E-state index in [2.05, 4.69) is 5.32 Å². The van der Waals surface area contributed by atoms with Crippen LogP contribution in [0.3, 0.4) is 0 Å². The molecule has 2 heterocycles. The number of nitrogens with one attached hydrogen (secondary N) is 1. The van der Waals surface area contributed by atoms with E-state index in [4.69, 9.17) is 9.47 Å². The minimum Gasteiger partial charge on any atom is -0.463 e. The van der Waals surface area contributed by atoms with Crippen LogP contribution < -0.4 is 5.32 Å². The highest BCUT2D eigenvalue weighted by molar-refractivity contribution is 5.89. The second-order valence-electron chi connectivity index (χ2n) is 8.55. The standard InChI is InChI=1S/C25H32N2O7/c28-15-20-11-7-13-27(20)22(29)14-19-10-5-2-6-12-23(30)33-17-21(26-24(19)31)25(32)34-16-18-8-3-1-4-9-18/h1-5,8-9,19-21,28H,6-7,10-17H2,(H,26,31). The van der Waals surface area contributed by atoms with Crippen LogP contribution in [-0.4, -0.2) is 65.6 Å². The summed E-state index contributed by atoms with van der Waals surface area (Å²) in [6.07, 6.45) is 5.92. The number of aliphatic hydroxyl groups excluding tert-OH is 1. The summed E-state index contributed by atoms with van der Waals surface area (Å²) in [6, 6.07) is 7.69. The van der Waals surface area contributed by atoms with E-state index >= 15 is 0 Å². The van der Waals surface area contributed by atoms with Gasteiger partial charge in [-0.15, -0.1) is 0 Å². The number of carbonyl (C=O) groups excluding carboxylic acids is 4. The van der Waals surface area contributed by atoms with Crippen LogP contribution in [0.4, 0.5) is 0 Å². The van der Waals surface area contributed by atoms with Crippen molar-refractivity contribution in [2.24, 2.45) is 5.92 Å². The summed E-state index contributed by atoms with van der Waals surface area (Å²) in [5, 5.41) is 12.1. The van der Waals surface area contributed by atoms with E-state index in [1.807, 2.05) is 18.2 Å². The van der Waals surface area contributed by atoms with Crippen LogP contribution in [0.15, 0.2) is 42.5 Å². The largest absolute Gasteiger partial charge is 0.463 e. The van der Waals surface area contributed by atoms with E-state index in [0.29, 0.717) is 13.0 Å². The lowest BCUT2D eigenvalue weighted by molar-refractivity contribution is -0.155. The molecule has 1 aromatic carbocycles. The second-order valence-corrected chi connectivity index (χ2v) is 8.55. The van der Waals surface area contributed by atoms with Crippen molar-refractivity contribution in [3.63, 3.8) is 0 Å². The number of esters is 2. The predicted octanol–water partition coefficient (Wildman–Crippen LogP) is 1.49. The van der Waals surface area contributed by atoms with Gasteiger partial charge >= 0.3 is 11.9 Å². The number of ether oxygens (including phenoxy) is 2. The smallest absolute Gasteiger partial charge is 0.332 e. The molecule has 0 saturated carbocycles. The molecule has 3 unspecified atom stereocenters. The Morgan fingerprint density at radius 2 is 1.97 bits per heavy atom. The van der Waals surface area contributed by atoms with E-state index in [1.165, 1.54) is 0 Å². The van der Waals surface area contributed by atoms with Crippen molar-refractivity contribution >= 4 is 23.8 Å². The lowest BCUT2D eigenvalue weighted by Gasteiger charge is -2.26. The predicted molar refractivity (Wildman–Crippen MR) is 122 cm³/mol. The quantitative estimate of drug-likeness (QED) is 0.475. The van der Waals surface area contributed by atoms with Crippen molar-refractivity contribution in [3.8, 4) is 0 Å². The number of amides is 2. The van der Waals surface area contributed by atoms with Crippen LogP contribution >= 0.6 is 0 Å². The second kappa shape index (κ2) is 12.9. The Morgan fingerprint density at radius 3 is 2.74 bits per heavy atom. The number of likely N-dealkylation sites (tertiary alicyclic amines) is 1. The highest BCUT2D eigenvalue weighted by Crippen LogP contribution is 2.21. The number of cyclic esters (lactones) is 1. The van der Waals surface area contributed by atoms with E-state index in [9.17, 15) is 24.3 Å². The maximum Gasteiger partial charge on any atom is 0.332 e. The minimum absolute atomic E-state index is 0.0160. The molecule has 1 fully saturated rings. The van der Waals surface area contributed by atoms with Crippen molar-refractivity contribution in [1.29, 1.82) is 0 Å². The third-order valence-corrected chi connectivity index (χ3v) is 6.04. The van der Waals surface area contributed by atoms with Crippen molar-refractivity contribution < 1.29 is 33.8 Å². The molecule has 34 heavy (non-hydrogen) atoms. The molecule has 0 radical (unpaired) electrons. The van der Waals surface area contributed by atoms with Crippen LogP contribution in [-0.2, 0) is 35.3 Å². The number of nitrogens with zero attached hydrogens (tertiary/aromatic N) is 1. The molecule has 1 aromatic rings. The van der Waals surface area contributed by atoms with Crippen LogP contribution in [0.2, 0.25) is 0 Å². The molecule has 0 aliphatic carbocycles. The zero-order valence-electron chi connectivity index (χ0n) is 19.2. The normalized spacial score (nSPS) is 23.9. The van der Waals surface area contributed by atoms with Crippen molar-refractivity contribution in [2.45, 2.75) is 57.2 Å². The fourth-order valence-electron chi connectivity index (χ4n) is 4.08. The summed E-state index contributed by atoms with van der Waals surface area (Å²) < 4.78 is 10.5. The summed E-state index contributed by atoms with van der Waals surface area (Å²) in [6.45, 7) is 0.116. The fraction of sp³-hybridized carbons (Fsp3) is 0.520. The third-order valence-electron chi connectivity index (χ3n) is 6.04. The number of allylic oxidation sites excluding steroid dienone is 2. The van der Waals surface area contributed by atoms with Gasteiger partial charge in [-0.2, -0.15) is 0 Å². The van der Waals surface area contributed by atoms with Gasteiger partial charge in [0.05, 0.1) is 18.6 Å². The number of hydrogen-bond acceptors (Lipinski definition) is 7. The zero-order valence-corrected chi connectivity index (χ0v) is 19.2. The highest BCUT2D eigenvalue weighted by atomic mass is 16.6. The van der Waals surface area contributed by atoms with Crippen LogP contribution in [0.1, 0.15) is 44.1 Å². The third kappa shape index (κ3) is 7.41. The monoisotopic (exact) mass is 472 g/mol. The van der Waals surface area contributed by atoms with E-state index < -0.39 is 29.8 Å². The number of hydrogen-bond donors (Lipinski definition) is 2. The first-order chi connectivity index (χ1) is 16.5. The van der Waals surface area contributed by atoms with Gasteiger partial charge in [0.15, 0.2) is 6.04 Å². The number of benzene rings is 1. The summed E-state index contributed by atoms with van der Waals surface area (Å²) in [5.74, 6) is -2.59. The molecular weight excluding hydrogens is 440 g/mol. The summed E-state index contributed by atoms with van der Waals surface area (Å²) in [4.78, 5) is 52.3. The summed E-state index contributed by atoms with van der Waals surface area (Å²) >= 11 is 0. The van der Waals surface area contributed by atoms with Gasteiger partial charge in [0.1, 0.15) is 13.2 Å². The van der Waals surface area contributed by atoms with Crippen LogP contribution in [0, 0.1) is 5.92 Å². The minimum atomic E-state index is -1.18. The number of carbonyl (C=O) groups is 4. The Morgan fingerprint density at radius 1 is 1.18 bits per heavy atom. The molecule has 9 nitrogen and oxygen atoms in total. The number of rotatable bonds is 6. The maximum absolute atomic E-state index is 13.1. The Kier molecular flexibility index (Phi) is 9.63. The van der Waals surface area contributed by atoms with Gasteiger partial charge in [-0.05, 0) is 31.2 Å². The van der Waals surface area contributed by atoms with Gasteiger partial charge in [0.2, 0.25) is 11.8 Å². The Balaban J connectivity index is 1.69. The molecule has 184 valence electrons. The van der Waals surface area contributed by atoms with Gasteiger partial charge in [0.25, 0.3) is 0 Å². The molecule has 2 amide bonds. The molecule has 9 heteroatoms. The fourth-order valence-corrected chi connectivity index (χ4v) is 4.08. The Hall–Kier alpha value is -3.20. The van der Waals surface area contributed by atoms with E-state index in [1.54, 1.807) is 29.2 Å². The molecule has 0 bridgehead atoms.